The summed E-state index contributed by atoms with van der Waals surface area (Å²) in [6.45, 7) is -0.629. The first-order valence-electron chi connectivity index (χ1n) is 12.7. The van der Waals surface area contributed by atoms with Crippen molar-refractivity contribution >= 4 is 52.2 Å². The van der Waals surface area contributed by atoms with Gasteiger partial charge in [-0.1, -0.05) is 35.2 Å². The first kappa shape index (κ1) is 29.7. The molecule has 3 unspecified atom stereocenters. The van der Waals surface area contributed by atoms with Crippen molar-refractivity contribution in [2.45, 2.75) is 35.1 Å². The number of aromatic nitrogens is 1. The summed E-state index contributed by atoms with van der Waals surface area (Å²) in [4.78, 5) is 53.8. The smallest absolute Gasteiger partial charge is 0.416 e. The SMILES string of the molecule is O=C(Cn1c2c(sc1=O)C(c1ccco1)C1C(=O)N(c3cccc(C(F)(F)F)c3)C(=O)C1S2)Nc1cccc(C(F)(F)F)c1. The highest BCUT2D eigenvalue weighted by molar-refractivity contribution is 8.00. The molecule has 44 heavy (non-hydrogen) atoms. The average Bonchev–Trinajstić information content (AvgIpc) is 3.65. The molecule has 3 atom stereocenters. The third-order valence-corrected chi connectivity index (χ3v) is 9.71. The Balaban J connectivity index is 1.35. The molecule has 228 valence electrons. The van der Waals surface area contributed by atoms with Gasteiger partial charge in [-0.05, 0) is 48.5 Å². The molecule has 4 heterocycles. The van der Waals surface area contributed by atoms with Crippen LogP contribution in [0.1, 0.15) is 27.7 Å². The number of halogens is 6. The number of fused-ring (bicyclic) bond motifs is 2. The maximum Gasteiger partial charge on any atom is 0.416 e. The van der Waals surface area contributed by atoms with Crippen LogP contribution in [0.5, 0.6) is 0 Å². The molecule has 8 nitrogen and oxygen atoms in total. The van der Waals surface area contributed by atoms with E-state index in [0.717, 1.165) is 46.7 Å². The third kappa shape index (κ3) is 5.21. The Morgan fingerprint density at radius 2 is 1.57 bits per heavy atom. The lowest BCUT2D eigenvalue weighted by molar-refractivity contribution is -0.138. The van der Waals surface area contributed by atoms with E-state index in [4.69, 9.17) is 4.42 Å². The number of rotatable bonds is 5. The van der Waals surface area contributed by atoms with Crippen molar-refractivity contribution in [3.8, 4) is 0 Å². The Kier molecular flexibility index (Phi) is 7.23. The average molecular weight is 654 g/mol. The van der Waals surface area contributed by atoms with Crippen LogP contribution in [0.25, 0.3) is 0 Å². The standard InChI is InChI=1S/C28H17F6N3O5S2/c29-27(30,31)13-4-1-6-15(10-13)35-18(38)12-36-25-22(44-26(36)41)19(17-8-3-9-42-17)20-21(43-25)24(40)37(23(20)39)16-7-2-5-14(11-16)28(32,33)34/h1-11,19-21H,12H2,(H,35,38). The topological polar surface area (TPSA) is 102 Å². The summed E-state index contributed by atoms with van der Waals surface area (Å²) in [5, 5.41) is 1.30. The lowest BCUT2D eigenvalue weighted by Crippen LogP contribution is -2.32. The molecule has 0 radical (unpaired) electrons. The number of thioether (sulfide) groups is 1. The van der Waals surface area contributed by atoms with Crippen LogP contribution in [0.2, 0.25) is 0 Å². The molecule has 2 aliphatic rings. The number of hydrogen-bond acceptors (Lipinski definition) is 7. The summed E-state index contributed by atoms with van der Waals surface area (Å²) in [6.07, 6.45) is -8.06. The van der Waals surface area contributed by atoms with Crippen molar-refractivity contribution in [1.82, 2.24) is 4.57 Å². The fourth-order valence-corrected chi connectivity index (χ4v) is 7.98. The zero-order valence-electron chi connectivity index (χ0n) is 21.8. The summed E-state index contributed by atoms with van der Waals surface area (Å²) < 4.78 is 86.1. The van der Waals surface area contributed by atoms with E-state index in [1.807, 2.05) is 0 Å². The van der Waals surface area contributed by atoms with E-state index in [-0.39, 0.29) is 22.2 Å². The Morgan fingerprint density at radius 3 is 2.23 bits per heavy atom. The zero-order valence-corrected chi connectivity index (χ0v) is 23.4. The van der Waals surface area contributed by atoms with Crippen molar-refractivity contribution in [3.05, 3.63) is 98.4 Å². The number of nitrogens with zero attached hydrogens (tertiary/aromatic N) is 2. The number of nitrogens with one attached hydrogen (secondary N) is 1. The van der Waals surface area contributed by atoms with Crippen LogP contribution >= 0.6 is 23.1 Å². The molecule has 0 spiro atoms. The number of carbonyl (C=O) groups is 3. The highest BCUT2D eigenvalue weighted by atomic mass is 32.2. The molecule has 0 bridgehead atoms. The van der Waals surface area contributed by atoms with Crippen LogP contribution in [0, 0.1) is 5.92 Å². The number of carbonyl (C=O) groups excluding carboxylic acids is 3. The van der Waals surface area contributed by atoms with Crippen molar-refractivity contribution in [1.29, 1.82) is 0 Å². The predicted octanol–water partition coefficient (Wildman–Crippen LogP) is 5.97. The van der Waals surface area contributed by atoms with E-state index in [0.29, 0.717) is 27.2 Å². The van der Waals surface area contributed by atoms with E-state index in [9.17, 15) is 45.5 Å². The molecular weight excluding hydrogens is 636 g/mol. The largest absolute Gasteiger partial charge is 0.469 e. The Labute approximate surface area is 251 Å². The minimum Gasteiger partial charge on any atom is -0.469 e. The fourth-order valence-electron chi connectivity index (χ4n) is 5.22. The van der Waals surface area contributed by atoms with Gasteiger partial charge in [0.1, 0.15) is 17.6 Å². The van der Waals surface area contributed by atoms with Crippen LogP contribution in [0.4, 0.5) is 37.7 Å². The first-order valence-corrected chi connectivity index (χ1v) is 14.4. The molecule has 2 aromatic heterocycles. The predicted molar refractivity (Wildman–Crippen MR) is 146 cm³/mol. The summed E-state index contributed by atoms with van der Waals surface area (Å²) in [7, 11) is 0. The maximum absolute atomic E-state index is 13.7. The monoisotopic (exact) mass is 653 g/mol. The van der Waals surface area contributed by atoms with E-state index >= 15 is 0 Å². The number of benzene rings is 2. The number of alkyl halides is 6. The lowest BCUT2D eigenvalue weighted by atomic mass is 9.87. The second-order valence-electron chi connectivity index (χ2n) is 9.87. The third-order valence-electron chi connectivity index (χ3n) is 7.11. The second-order valence-corrected chi connectivity index (χ2v) is 12.0. The molecule has 2 aliphatic heterocycles. The number of amides is 3. The van der Waals surface area contributed by atoms with Crippen LogP contribution < -0.4 is 15.1 Å². The molecule has 1 N–H and O–H groups in total. The molecule has 6 rings (SSSR count). The van der Waals surface area contributed by atoms with Crippen LogP contribution in [-0.2, 0) is 33.3 Å². The molecule has 0 saturated carbocycles. The molecule has 4 aromatic rings. The number of imide groups is 1. The summed E-state index contributed by atoms with van der Waals surface area (Å²) in [6, 6.07) is 10.8. The fraction of sp³-hybridized carbons (Fsp3) is 0.214. The normalized spacial score (nSPS) is 20.0. The molecule has 1 fully saturated rings. The van der Waals surface area contributed by atoms with Gasteiger partial charge in [-0.15, -0.1) is 0 Å². The molecule has 2 aromatic carbocycles. The lowest BCUT2D eigenvalue weighted by Gasteiger charge is -2.29. The highest BCUT2D eigenvalue weighted by Crippen LogP contribution is 2.54. The summed E-state index contributed by atoms with van der Waals surface area (Å²) in [5.74, 6) is -4.34. The van der Waals surface area contributed by atoms with Crippen LogP contribution in [-0.4, -0.2) is 27.5 Å². The van der Waals surface area contributed by atoms with Crippen LogP contribution in [0.3, 0.4) is 0 Å². The molecule has 16 heteroatoms. The Bertz CT molecular complexity index is 1850. The first-order chi connectivity index (χ1) is 20.7. The Hall–Kier alpha value is -4.31. The van der Waals surface area contributed by atoms with Crippen LogP contribution in [0.15, 0.2) is 81.2 Å². The minimum atomic E-state index is -4.73. The molecular formula is C28H17F6N3O5S2. The summed E-state index contributed by atoms with van der Waals surface area (Å²) in [5.41, 5.74) is -2.47. The van der Waals surface area contributed by atoms with Crippen molar-refractivity contribution in [2.75, 3.05) is 10.2 Å². The Morgan fingerprint density at radius 1 is 0.886 bits per heavy atom. The minimum absolute atomic E-state index is 0.156. The van der Waals surface area contributed by atoms with Crippen molar-refractivity contribution in [3.63, 3.8) is 0 Å². The summed E-state index contributed by atoms with van der Waals surface area (Å²) >= 11 is 1.52. The van der Waals surface area contributed by atoms with E-state index < -0.39 is 69.7 Å². The van der Waals surface area contributed by atoms with Gasteiger partial charge < -0.3 is 9.73 Å². The van der Waals surface area contributed by atoms with Gasteiger partial charge in [0.05, 0.1) is 44.8 Å². The highest BCUT2D eigenvalue weighted by Gasteiger charge is 2.57. The van der Waals surface area contributed by atoms with Gasteiger partial charge in [0.15, 0.2) is 0 Å². The van der Waals surface area contributed by atoms with E-state index in [1.165, 1.54) is 30.5 Å². The van der Waals surface area contributed by atoms with Gasteiger partial charge in [-0.2, -0.15) is 26.3 Å². The van der Waals surface area contributed by atoms with Gasteiger partial charge in [-0.25, -0.2) is 4.90 Å². The van der Waals surface area contributed by atoms with E-state index in [1.54, 1.807) is 0 Å². The number of furan rings is 1. The zero-order chi connectivity index (χ0) is 31.6. The quantitative estimate of drug-likeness (QED) is 0.210. The van der Waals surface area contributed by atoms with Crippen molar-refractivity contribution in [2.24, 2.45) is 5.92 Å². The second kappa shape index (κ2) is 10.7. The number of hydrogen-bond donors (Lipinski definition) is 1. The number of anilines is 2. The number of thiazole rings is 1. The van der Waals surface area contributed by atoms with Crippen molar-refractivity contribution < 1.29 is 45.1 Å². The maximum atomic E-state index is 13.7. The van der Waals surface area contributed by atoms with Gasteiger partial charge >= 0.3 is 17.2 Å². The molecule has 1 saturated heterocycles. The van der Waals surface area contributed by atoms with E-state index in [2.05, 4.69) is 5.32 Å². The van der Waals surface area contributed by atoms with Gasteiger partial charge in [0, 0.05) is 5.69 Å². The molecule has 3 amide bonds. The van der Waals surface area contributed by atoms with Gasteiger partial charge in [0.25, 0.3) is 0 Å². The van der Waals surface area contributed by atoms with Gasteiger partial charge in [-0.3, -0.25) is 23.7 Å². The van der Waals surface area contributed by atoms with Gasteiger partial charge in [0.2, 0.25) is 17.7 Å². The molecule has 0 aliphatic carbocycles.